The normalized spacial score (nSPS) is 17.5. The second-order valence-corrected chi connectivity index (χ2v) is 6.08. The van der Waals surface area contributed by atoms with E-state index in [1.807, 2.05) is 4.90 Å². The van der Waals surface area contributed by atoms with Crippen molar-refractivity contribution >= 4 is 5.91 Å². The van der Waals surface area contributed by atoms with E-state index >= 15 is 0 Å². The van der Waals surface area contributed by atoms with Crippen LogP contribution in [-0.2, 0) is 11.3 Å². The Hall–Kier alpha value is -2.54. The van der Waals surface area contributed by atoms with Crippen molar-refractivity contribution in [2.45, 2.75) is 31.8 Å². The molecule has 2 aromatic heterocycles. The Labute approximate surface area is 147 Å². The second kappa shape index (κ2) is 9.08. The third-order valence-corrected chi connectivity index (χ3v) is 4.27. The zero-order valence-corrected chi connectivity index (χ0v) is 14.2. The molecule has 25 heavy (non-hydrogen) atoms. The van der Waals surface area contributed by atoms with Gasteiger partial charge in [-0.3, -0.25) is 9.78 Å². The number of pyridine rings is 1. The SMILES string of the molecule is O=C(COc1cccnc1)N(Cc1cncnc1)C1CCCNCC1. The second-order valence-electron chi connectivity index (χ2n) is 6.08. The van der Waals surface area contributed by atoms with Crippen LogP contribution in [0.4, 0.5) is 0 Å². The van der Waals surface area contributed by atoms with Crippen LogP contribution in [0.2, 0.25) is 0 Å². The minimum atomic E-state index is -0.0281. The molecule has 0 radical (unpaired) electrons. The number of carbonyl (C=O) groups excluding carboxylic acids is 1. The van der Waals surface area contributed by atoms with E-state index in [2.05, 4.69) is 20.3 Å². The van der Waals surface area contributed by atoms with Gasteiger partial charge in [-0.05, 0) is 44.5 Å². The number of nitrogens with one attached hydrogen (secondary N) is 1. The lowest BCUT2D eigenvalue weighted by atomic mass is 10.1. The van der Waals surface area contributed by atoms with E-state index in [0.29, 0.717) is 12.3 Å². The van der Waals surface area contributed by atoms with Crippen LogP contribution in [-0.4, -0.2) is 51.5 Å². The lowest BCUT2D eigenvalue weighted by Gasteiger charge is -2.31. The highest BCUT2D eigenvalue weighted by atomic mass is 16.5. The minimum absolute atomic E-state index is 0.00329. The van der Waals surface area contributed by atoms with Crippen LogP contribution in [0, 0.1) is 0 Å². The average molecular weight is 341 g/mol. The molecule has 0 spiro atoms. The molecule has 0 bridgehead atoms. The molecule has 3 heterocycles. The first-order valence-corrected chi connectivity index (χ1v) is 8.60. The van der Waals surface area contributed by atoms with E-state index < -0.39 is 0 Å². The number of amides is 1. The summed E-state index contributed by atoms with van der Waals surface area (Å²) in [5.74, 6) is 0.570. The maximum Gasteiger partial charge on any atom is 0.261 e. The van der Waals surface area contributed by atoms with Gasteiger partial charge in [0.15, 0.2) is 6.61 Å². The highest BCUT2D eigenvalue weighted by molar-refractivity contribution is 5.78. The van der Waals surface area contributed by atoms with Gasteiger partial charge < -0.3 is 15.0 Å². The van der Waals surface area contributed by atoms with Crippen molar-refractivity contribution in [3.05, 3.63) is 48.8 Å². The van der Waals surface area contributed by atoms with Crippen molar-refractivity contribution in [1.29, 1.82) is 0 Å². The standard InChI is InChI=1S/C18H23N5O2/c24-18(13-25-17-4-2-7-20-11-17)23(12-15-9-21-14-22-10-15)16-3-1-6-19-8-5-16/h2,4,7,9-11,14,16,19H,1,3,5-6,8,12-13H2. The fourth-order valence-corrected chi connectivity index (χ4v) is 3.00. The molecule has 1 aliphatic heterocycles. The maximum absolute atomic E-state index is 12.9. The summed E-state index contributed by atoms with van der Waals surface area (Å²) >= 11 is 0. The first-order valence-electron chi connectivity index (χ1n) is 8.60. The largest absolute Gasteiger partial charge is 0.482 e. The van der Waals surface area contributed by atoms with Crippen LogP contribution in [0.1, 0.15) is 24.8 Å². The lowest BCUT2D eigenvalue weighted by Crippen LogP contribution is -2.42. The molecular formula is C18H23N5O2. The van der Waals surface area contributed by atoms with E-state index in [4.69, 9.17) is 4.74 Å². The summed E-state index contributed by atoms with van der Waals surface area (Å²) in [4.78, 5) is 26.9. The van der Waals surface area contributed by atoms with Gasteiger partial charge in [0.05, 0.1) is 6.20 Å². The molecule has 7 heteroatoms. The Balaban J connectivity index is 1.68. The van der Waals surface area contributed by atoms with Crippen LogP contribution < -0.4 is 10.1 Å². The van der Waals surface area contributed by atoms with Crippen molar-refractivity contribution in [2.75, 3.05) is 19.7 Å². The van der Waals surface area contributed by atoms with Crippen LogP contribution in [0.5, 0.6) is 5.75 Å². The quantitative estimate of drug-likeness (QED) is 0.856. The van der Waals surface area contributed by atoms with Crippen molar-refractivity contribution in [3.63, 3.8) is 0 Å². The van der Waals surface area contributed by atoms with Crippen LogP contribution in [0.3, 0.4) is 0 Å². The van der Waals surface area contributed by atoms with E-state index in [-0.39, 0.29) is 18.6 Å². The van der Waals surface area contributed by atoms with E-state index in [1.54, 1.807) is 36.9 Å². The third kappa shape index (κ3) is 5.22. The van der Waals surface area contributed by atoms with Crippen LogP contribution in [0.25, 0.3) is 0 Å². The van der Waals surface area contributed by atoms with Crippen LogP contribution in [0.15, 0.2) is 43.2 Å². The van der Waals surface area contributed by atoms with Crippen molar-refractivity contribution in [3.8, 4) is 5.75 Å². The fraction of sp³-hybridized carbons (Fsp3) is 0.444. The van der Waals surface area contributed by atoms with Gasteiger partial charge in [0.25, 0.3) is 5.91 Å². The Bertz CT molecular complexity index is 645. The molecule has 1 fully saturated rings. The highest BCUT2D eigenvalue weighted by Gasteiger charge is 2.25. The molecule has 1 unspecified atom stereocenters. The molecule has 1 saturated heterocycles. The van der Waals surface area contributed by atoms with E-state index in [0.717, 1.165) is 37.9 Å². The molecule has 1 N–H and O–H groups in total. The molecule has 0 aliphatic carbocycles. The van der Waals surface area contributed by atoms with Gasteiger partial charge in [-0.25, -0.2) is 9.97 Å². The maximum atomic E-state index is 12.9. The van der Waals surface area contributed by atoms with Gasteiger partial charge in [-0.2, -0.15) is 0 Å². The van der Waals surface area contributed by atoms with Gasteiger partial charge >= 0.3 is 0 Å². The first kappa shape index (κ1) is 17.3. The predicted molar refractivity (Wildman–Crippen MR) is 92.8 cm³/mol. The topological polar surface area (TPSA) is 80.2 Å². The summed E-state index contributed by atoms with van der Waals surface area (Å²) in [6.45, 7) is 2.42. The summed E-state index contributed by atoms with van der Waals surface area (Å²) in [6, 6.07) is 3.78. The molecule has 132 valence electrons. The predicted octanol–water partition coefficient (Wildman–Crippen LogP) is 1.42. The van der Waals surface area contributed by atoms with Gasteiger partial charge in [-0.15, -0.1) is 0 Å². The number of hydrogen-bond donors (Lipinski definition) is 1. The summed E-state index contributed by atoms with van der Waals surface area (Å²) < 4.78 is 5.61. The number of carbonyl (C=O) groups is 1. The number of nitrogens with zero attached hydrogens (tertiary/aromatic N) is 4. The third-order valence-electron chi connectivity index (χ3n) is 4.27. The highest BCUT2D eigenvalue weighted by Crippen LogP contribution is 2.17. The number of hydrogen-bond acceptors (Lipinski definition) is 6. The van der Waals surface area contributed by atoms with Crippen LogP contribution >= 0.6 is 0 Å². The molecule has 0 aromatic carbocycles. The number of aromatic nitrogens is 3. The van der Waals surface area contributed by atoms with Gasteiger partial charge in [0.2, 0.25) is 0 Å². The van der Waals surface area contributed by atoms with Crippen molar-refractivity contribution < 1.29 is 9.53 Å². The smallest absolute Gasteiger partial charge is 0.261 e. The zero-order valence-electron chi connectivity index (χ0n) is 14.2. The minimum Gasteiger partial charge on any atom is -0.482 e. The summed E-state index contributed by atoms with van der Waals surface area (Å²) in [5.41, 5.74) is 0.925. The molecule has 7 nitrogen and oxygen atoms in total. The number of ether oxygens (including phenoxy) is 1. The van der Waals surface area contributed by atoms with Gasteiger partial charge in [-0.1, -0.05) is 0 Å². The fourth-order valence-electron chi connectivity index (χ4n) is 3.00. The summed E-state index contributed by atoms with van der Waals surface area (Å²) in [5, 5.41) is 3.39. The summed E-state index contributed by atoms with van der Waals surface area (Å²) in [7, 11) is 0. The molecule has 1 amide bonds. The summed E-state index contributed by atoms with van der Waals surface area (Å²) in [6.07, 6.45) is 11.3. The average Bonchev–Trinajstić information content (AvgIpc) is 2.95. The molecular weight excluding hydrogens is 318 g/mol. The molecule has 3 rings (SSSR count). The molecule has 1 aliphatic rings. The Morgan fingerprint density at radius 2 is 2.08 bits per heavy atom. The van der Waals surface area contributed by atoms with Gasteiger partial charge in [0, 0.05) is 36.7 Å². The Morgan fingerprint density at radius 3 is 2.88 bits per heavy atom. The van der Waals surface area contributed by atoms with Crippen molar-refractivity contribution in [1.82, 2.24) is 25.2 Å². The van der Waals surface area contributed by atoms with E-state index in [1.165, 1.54) is 6.33 Å². The molecule has 0 saturated carbocycles. The monoisotopic (exact) mass is 341 g/mol. The molecule has 1 atom stereocenters. The zero-order chi connectivity index (χ0) is 17.3. The first-order chi connectivity index (χ1) is 12.3. The van der Waals surface area contributed by atoms with E-state index in [9.17, 15) is 4.79 Å². The lowest BCUT2D eigenvalue weighted by molar-refractivity contribution is -0.136. The Morgan fingerprint density at radius 1 is 1.20 bits per heavy atom. The molecule has 2 aromatic rings. The van der Waals surface area contributed by atoms with Crippen molar-refractivity contribution in [2.24, 2.45) is 0 Å². The van der Waals surface area contributed by atoms with Gasteiger partial charge in [0.1, 0.15) is 12.1 Å². The Kier molecular flexibility index (Phi) is 6.28. The number of rotatable bonds is 6.